The van der Waals surface area contributed by atoms with E-state index in [2.05, 4.69) is 15.0 Å². The Labute approximate surface area is 149 Å². The van der Waals surface area contributed by atoms with Crippen LogP contribution in [0.4, 0.5) is 0 Å². The lowest BCUT2D eigenvalue weighted by Crippen LogP contribution is -2.38. The van der Waals surface area contributed by atoms with Gasteiger partial charge in [0, 0.05) is 13.1 Å². The number of hydrogen-bond donors (Lipinski definition) is 2. The Morgan fingerprint density at radius 2 is 1.96 bits per heavy atom. The molecule has 1 aliphatic heterocycles. The van der Waals surface area contributed by atoms with E-state index in [9.17, 15) is 10.2 Å². The molecule has 0 aliphatic carbocycles. The third kappa shape index (κ3) is 2.97. The number of piperidine rings is 1. The largest absolute Gasteiger partial charge is 0.497 e. The van der Waals surface area contributed by atoms with Crippen molar-refractivity contribution in [3.63, 3.8) is 0 Å². The maximum Gasteiger partial charge on any atom is 0.230 e. The van der Waals surface area contributed by atoms with Gasteiger partial charge in [-0.1, -0.05) is 23.5 Å². The number of aromatic nitrogens is 3. The highest BCUT2D eigenvalue weighted by molar-refractivity contribution is 7.17. The average molecular weight is 360 g/mol. The van der Waals surface area contributed by atoms with Gasteiger partial charge in [-0.2, -0.15) is 9.61 Å². The maximum absolute atomic E-state index is 10.7. The van der Waals surface area contributed by atoms with Crippen molar-refractivity contribution in [1.82, 2.24) is 19.5 Å². The highest BCUT2D eigenvalue weighted by Gasteiger charge is 2.31. The number of aliphatic hydroxyl groups is 1. The molecule has 7 nitrogen and oxygen atoms in total. The first-order valence-corrected chi connectivity index (χ1v) is 9.06. The molecule has 3 aromatic rings. The monoisotopic (exact) mass is 360 g/mol. The molecular formula is C17H20N4O3S. The van der Waals surface area contributed by atoms with E-state index in [4.69, 9.17) is 4.74 Å². The summed E-state index contributed by atoms with van der Waals surface area (Å²) in [6, 6.07) is 7.78. The van der Waals surface area contributed by atoms with Gasteiger partial charge < -0.3 is 14.9 Å². The highest BCUT2D eigenvalue weighted by Crippen LogP contribution is 2.40. The normalized spacial score (nSPS) is 17.8. The Morgan fingerprint density at radius 3 is 2.60 bits per heavy atom. The minimum Gasteiger partial charge on any atom is -0.497 e. The first-order chi connectivity index (χ1) is 12.2. The number of nitrogens with zero attached hydrogens (tertiary/aromatic N) is 4. The second-order valence-electron chi connectivity index (χ2n) is 6.19. The van der Waals surface area contributed by atoms with Crippen LogP contribution >= 0.6 is 11.3 Å². The molecule has 0 saturated carbocycles. The van der Waals surface area contributed by atoms with Crippen LogP contribution in [0, 0.1) is 0 Å². The summed E-state index contributed by atoms with van der Waals surface area (Å²) < 4.78 is 6.72. The zero-order chi connectivity index (χ0) is 17.4. The zero-order valence-corrected chi connectivity index (χ0v) is 14.7. The Kier molecular flexibility index (Phi) is 4.32. The van der Waals surface area contributed by atoms with Gasteiger partial charge in [-0.05, 0) is 30.5 Å². The molecule has 1 fully saturated rings. The van der Waals surface area contributed by atoms with Crippen molar-refractivity contribution in [1.29, 1.82) is 0 Å². The van der Waals surface area contributed by atoms with Crippen molar-refractivity contribution in [2.45, 2.75) is 25.0 Å². The minimum atomic E-state index is -0.247. The molecule has 4 rings (SSSR count). The Balaban J connectivity index is 1.76. The van der Waals surface area contributed by atoms with Crippen LogP contribution in [-0.4, -0.2) is 56.0 Å². The van der Waals surface area contributed by atoms with Crippen molar-refractivity contribution >= 4 is 16.3 Å². The summed E-state index contributed by atoms with van der Waals surface area (Å²) in [7, 11) is 1.64. The molecule has 1 saturated heterocycles. The van der Waals surface area contributed by atoms with Gasteiger partial charge in [0.05, 0.1) is 24.1 Å². The smallest absolute Gasteiger partial charge is 0.230 e. The van der Waals surface area contributed by atoms with E-state index in [1.165, 1.54) is 22.2 Å². The molecule has 0 amide bonds. The Hall–Kier alpha value is -2.16. The molecule has 2 N–H and O–H groups in total. The maximum atomic E-state index is 10.7. The topological polar surface area (TPSA) is 83.1 Å². The van der Waals surface area contributed by atoms with Crippen molar-refractivity contribution in [2.75, 3.05) is 20.2 Å². The molecule has 0 radical (unpaired) electrons. The molecular weight excluding hydrogens is 340 g/mol. The van der Waals surface area contributed by atoms with E-state index < -0.39 is 0 Å². The molecule has 25 heavy (non-hydrogen) atoms. The number of fused-ring (bicyclic) bond motifs is 1. The lowest BCUT2D eigenvalue weighted by Gasteiger charge is -2.36. The number of benzene rings is 1. The van der Waals surface area contributed by atoms with Crippen molar-refractivity contribution < 1.29 is 14.9 Å². The van der Waals surface area contributed by atoms with E-state index in [0.717, 1.165) is 42.1 Å². The molecule has 0 spiro atoms. The molecule has 3 heterocycles. The fourth-order valence-corrected chi connectivity index (χ4v) is 4.42. The standard InChI is InChI=1S/C17H20N4O3S/c1-24-13-4-2-11(3-5-13)14(20-8-6-12(22)7-9-20)15-16(23)21-17(25-15)18-10-19-21/h2-5,10,12,14,22-23H,6-9H2,1H3. The van der Waals surface area contributed by atoms with E-state index in [1.807, 2.05) is 24.3 Å². The first kappa shape index (κ1) is 16.3. The predicted octanol–water partition coefficient (Wildman–Crippen LogP) is 2.05. The number of likely N-dealkylation sites (tertiary alicyclic amines) is 1. The molecule has 8 heteroatoms. The number of ether oxygens (including phenoxy) is 1. The molecule has 1 unspecified atom stereocenters. The number of aliphatic hydroxyl groups excluding tert-OH is 1. The molecule has 1 aromatic carbocycles. The van der Waals surface area contributed by atoms with Gasteiger partial charge >= 0.3 is 0 Å². The number of rotatable bonds is 4. The third-order valence-electron chi connectivity index (χ3n) is 4.68. The van der Waals surface area contributed by atoms with Crippen molar-refractivity contribution in [3.05, 3.63) is 41.0 Å². The van der Waals surface area contributed by atoms with Crippen LogP contribution < -0.4 is 4.74 Å². The molecule has 2 aromatic heterocycles. The molecule has 1 atom stereocenters. The second-order valence-corrected chi connectivity index (χ2v) is 7.20. The van der Waals surface area contributed by atoms with E-state index in [1.54, 1.807) is 7.11 Å². The van der Waals surface area contributed by atoms with Crippen LogP contribution in [0.2, 0.25) is 0 Å². The van der Waals surface area contributed by atoms with E-state index in [-0.39, 0.29) is 18.0 Å². The number of aromatic hydroxyl groups is 1. The average Bonchev–Trinajstić information content (AvgIpc) is 3.21. The number of thiazole rings is 1. The van der Waals surface area contributed by atoms with E-state index in [0.29, 0.717) is 4.96 Å². The van der Waals surface area contributed by atoms with Crippen molar-refractivity contribution in [2.24, 2.45) is 0 Å². The summed E-state index contributed by atoms with van der Waals surface area (Å²) in [6.45, 7) is 1.54. The van der Waals surface area contributed by atoms with Crippen LogP contribution in [0.5, 0.6) is 11.6 Å². The SMILES string of the molecule is COc1ccc(C(c2sc3ncnn3c2O)N2CCC(O)CC2)cc1. The molecule has 132 valence electrons. The highest BCUT2D eigenvalue weighted by atomic mass is 32.1. The summed E-state index contributed by atoms with van der Waals surface area (Å²) >= 11 is 1.44. The molecule has 1 aliphatic rings. The van der Waals surface area contributed by atoms with Crippen LogP contribution in [0.15, 0.2) is 30.6 Å². The predicted molar refractivity (Wildman–Crippen MR) is 94.2 cm³/mol. The second kappa shape index (κ2) is 6.62. The quantitative estimate of drug-likeness (QED) is 0.741. The van der Waals surface area contributed by atoms with Gasteiger partial charge in [0.2, 0.25) is 10.8 Å². The lowest BCUT2D eigenvalue weighted by molar-refractivity contribution is 0.0689. The van der Waals surface area contributed by atoms with Gasteiger partial charge in [-0.3, -0.25) is 4.90 Å². The number of methoxy groups -OCH3 is 1. The fraction of sp³-hybridized carbons (Fsp3) is 0.412. The fourth-order valence-electron chi connectivity index (χ4n) is 3.33. The lowest BCUT2D eigenvalue weighted by atomic mass is 9.99. The Morgan fingerprint density at radius 1 is 1.24 bits per heavy atom. The summed E-state index contributed by atoms with van der Waals surface area (Å²) in [4.78, 5) is 7.97. The summed E-state index contributed by atoms with van der Waals surface area (Å²) in [6.07, 6.45) is 2.65. The van der Waals surface area contributed by atoms with Crippen LogP contribution in [0.25, 0.3) is 4.96 Å². The van der Waals surface area contributed by atoms with Gasteiger partial charge in [-0.15, -0.1) is 0 Å². The van der Waals surface area contributed by atoms with Gasteiger partial charge in [0.15, 0.2) is 0 Å². The summed E-state index contributed by atoms with van der Waals surface area (Å²) in [5, 5.41) is 24.6. The van der Waals surface area contributed by atoms with Gasteiger partial charge in [0.1, 0.15) is 12.1 Å². The molecule has 0 bridgehead atoms. The summed E-state index contributed by atoms with van der Waals surface area (Å²) in [5.41, 5.74) is 1.07. The first-order valence-electron chi connectivity index (χ1n) is 8.25. The van der Waals surface area contributed by atoms with E-state index >= 15 is 0 Å². The number of hydrogen-bond acceptors (Lipinski definition) is 7. The van der Waals surface area contributed by atoms with Gasteiger partial charge in [-0.25, -0.2) is 4.98 Å². The third-order valence-corrected chi connectivity index (χ3v) is 5.77. The van der Waals surface area contributed by atoms with Crippen LogP contribution in [-0.2, 0) is 0 Å². The summed E-state index contributed by atoms with van der Waals surface area (Å²) in [5.74, 6) is 0.924. The van der Waals surface area contributed by atoms with Crippen molar-refractivity contribution in [3.8, 4) is 11.6 Å². The zero-order valence-electron chi connectivity index (χ0n) is 13.9. The minimum absolute atomic E-state index is 0.105. The van der Waals surface area contributed by atoms with Gasteiger partial charge in [0.25, 0.3) is 0 Å². The Bertz CT molecular complexity index is 853. The van der Waals surface area contributed by atoms with Crippen LogP contribution in [0.3, 0.4) is 0 Å². The van der Waals surface area contributed by atoms with Crippen LogP contribution in [0.1, 0.15) is 29.3 Å².